The van der Waals surface area contributed by atoms with Gasteiger partial charge in [-0.1, -0.05) is 0 Å². The molecule has 3 N–H and O–H groups in total. The van der Waals surface area contributed by atoms with Crippen molar-refractivity contribution in [2.75, 3.05) is 11.1 Å². The van der Waals surface area contributed by atoms with Crippen molar-refractivity contribution in [3.63, 3.8) is 0 Å². The van der Waals surface area contributed by atoms with Crippen molar-refractivity contribution >= 4 is 39.7 Å². The van der Waals surface area contributed by atoms with Gasteiger partial charge in [0.2, 0.25) is 0 Å². The van der Waals surface area contributed by atoms with Crippen molar-refractivity contribution in [3.8, 4) is 6.07 Å². The number of nitrogens with one attached hydrogen (secondary N) is 1. The maximum atomic E-state index is 13.0. The van der Waals surface area contributed by atoms with E-state index in [2.05, 4.69) is 27.9 Å². The Morgan fingerprint density at radius 3 is 2.56 bits per heavy atom. The first kappa shape index (κ1) is 12.6. The molecule has 18 heavy (non-hydrogen) atoms. The molecule has 0 spiro atoms. The van der Waals surface area contributed by atoms with Crippen molar-refractivity contribution < 1.29 is 4.39 Å². The third-order valence-corrected chi connectivity index (χ3v) is 3.26. The molecule has 2 aromatic rings. The monoisotopic (exact) mass is 353 g/mol. The van der Waals surface area contributed by atoms with Gasteiger partial charge in [0, 0.05) is 9.26 Å². The third kappa shape index (κ3) is 2.71. The number of nitrogens with two attached hydrogens (primary N) is 1. The topological polar surface area (TPSA) is 61.8 Å². The van der Waals surface area contributed by atoms with Gasteiger partial charge in [0.1, 0.15) is 11.9 Å². The molecule has 0 amide bonds. The number of halogens is 2. The van der Waals surface area contributed by atoms with E-state index in [0.29, 0.717) is 11.4 Å². The summed E-state index contributed by atoms with van der Waals surface area (Å²) in [6, 6.07) is 11.4. The zero-order chi connectivity index (χ0) is 13.1. The van der Waals surface area contributed by atoms with Gasteiger partial charge in [-0.15, -0.1) is 0 Å². The highest BCUT2D eigenvalue weighted by atomic mass is 127. The lowest BCUT2D eigenvalue weighted by Gasteiger charge is -2.10. The minimum atomic E-state index is -0.427. The van der Waals surface area contributed by atoms with Crippen molar-refractivity contribution in [2.45, 2.75) is 0 Å². The first-order valence-electron chi connectivity index (χ1n) is 5.12. The molecule has 90 valence electrons. The minimum absolute atomic E-state index is 0.266. The van der Waals surface area contributed by atoms with Crippen LogP contribution in [-0.2, 0) is 0 Å². The summed E-state index contributed by atoms with van der Waals surface area (Å²) < 4.78 is 13.9. The third-order valence-electron chi connectivity index (χ3n) is 2.36. The van der Waals surface area contributed by atoms with Crippen molar-refractivity contribution in [1.82, 2.24) is 0 Å². The SMILES string of the molecule is N#Cc1cc(F)ccc1Nc1ccc(N)cc1I. The largest absolute Gasteiger partial charge is 0.399 e. The summed E-state index contributed by atoms with van der Waals surface area (Å²) in [6.07, 6.45) is 0. The summed E-state index contributed by atoms with van der Waals surface area (Å²) in [5.74, 6) is -0.427. The van der Waals surface area contributed by atoms with E-state index in [1.54, 1.807) is 12.1 Å². The van der Waals surface area contributed by atoms with Crippen LogP contribution in [0.15, 0.2) is 36.4 Å². The predicted octanol–water partition coefficient (Wildman–Crippen LogP) is 3.63. The van der Waals surface area contributed by atoms with Crippen LogP contribution in [0.2, 0.25) is 0 Å². The zero-order valence-corrected chi connectivity index (χ0v) is 11.4. The lowest BCUT2D eigenvalue weighted by Crippen LogP contribution is -1.97. The molecule has 0 radical (unpaired) electrons. The molecule has 2 aromatic carbocycles. The van der Waals surface area contributed by atoms with Gasteiger partial charge in [-0.25, -0.2) is 4.39 Å². The molecule has 2 rings (SSSR count). The Morgan fingerprint density at radius 1 is 1.17 bits per heavy atom. The molecule has 0 atom stereocenters. The first-order valence-corrected chi connectivity index (χ1v) is 6.20. The highest BCUT2D eigenvalue weighted by molar-refractivity contribution is 14.1. The number of nitriles is 1. The van der Waals surface area contributed by atoms with Crippen LogP contribution in [-0.4, -0.2) is 0 Å². The van der Waals surface area contributed by atoms with E-state index < -0.39 is 5.82 Å². The lowest BCUT2D eigenvalue weighted by molar-refractivity contribution is 0.627. The second kappa shape index (κ2) is 5.23. The quantitative estimate of drug-likeness (QED) is 0.640. The minimum Gasteiger partial charge on any atom is -0.399 e. The fourth-order valence-corrected chi connectivity index (χ4v) is 2.17. The molecule has 0 heterocycles. The Bertz CT molecular complexity index is 635. The fraction of sp³-hybridized carbons (Fsp3) is 0. The number of rotatable bonds is 2. The zero-order valence-electron chi connectivity index (χ0n) is 9.24. The molecular formula is C13H9FIN3. The maximum absolute atomic E-state index is 13.0. The Labute approximate surface area is 118 Å². The molecule has 5 heteroatoms. The average molecular weight is 353 g/mol. The summed E-state index contributed by atoms with van der Waals surface area (Å²) in [5.41, 5.74) is 8.00. The van der Waals surface area contributed by atoms with Gasteiger partial charge >= 0.3 is 0 Å². The van der Waals surface area contributed by atoms with E-state index in [1.807, 2.05) is 18.2 Å². The van der Waals surface area contributed by atoms with Crippen molar-refractivity contribution in [3.05, 3.63) is 51.3 Å². The van der Waals surface area contributed by atoms with Crippen LogP contribution in [0, 0.1) is 20.7 Å². The van der Waals surface area contributed by atoms with Gasteiger partial charge in [-0.2, -0.15) is 5.26 Å². The number of benzene rings is 2. The van der Waals surface area contributed by atoms with Gasteiger partial charge in [-0.3, -0.25) is 0 Å². The fourth-order valence-electron chi connectivity index (χ4n) is 1.50. The van der Waals surface area contributed by atoms with Gasteiger partial charge in [0.15, 0.2) is 0 Å². The van der Waals surface area contributed by atoms with Crippen LogP contribution in [0.3, 0.4) is 0 Å². The van der Waals surface area contributed by atoms with Gasteiger partial charge in [0.25, 0.3) is 0 Å². The molecule has 0 saturated carbocycles. The molecule has 0 aliphatic heterocycles. The maximum Gasteiger partial charge on any atom is 0.124 e. The van der Waals surface area contributed by atoms with E-state index in [0.717, 1.165) is 9.26 Å². The van der Waals surface area contributed by atoms with Crippen LogP contribution in [0.1, 0.15) is 5.56 Å². The second-order valence-corrected chi connectivity index (χ2v) is 4.83. The number of nitrogen functional groups attached to an aromatic ring is 1. The van der Waals surface area contributed by atoms with Crippen LogP contribution >= 0.6 is 22.6 Å². The van der Waals surface area contributed by atoms with Crippen LogP contribution in [0.25, 0.3) is 0 Å². The summed E-state index contributed by atoms with van der Waals surface area (Å²) in [7, 11) is 0. The van der Waals surface area contributed by atoms with Crippen LogP contribution in [0.5, 0.6) is 0 Å². The summed E-state index contributed by atoms with van der Waals surface area (Å²) in [6.45, 7) is 0. The van der Waals surface area contributed by atoms with Gasteiger partial charge in [0.05, 0.1) is 16.9 Å². The first-order chi connectivity index (χ1) is 8.60. The van der Waals surface area contributed by atoms with Gasteiger partial charge < -0.3 is 11.1 Å². The van der Waals surface area contributed by atoms with E-state index >= 15 is 0 Å². The van der Waals surface area contributed by atoms with Crippen LogP contribution in [0.4, 0.5) is 21.5 Å². The molecule has 0 aromatic heterocycles. The number of hydrogen-bond donors (Lipinski definition) is 2. The summed E-state index contributed by atoms with van der Waals surface area (Å²) >= 11 is 2.14. The molecule has 0 aliphatic rings. The molecule has 0 unspecified atom stereocenters. The highest BCUT2D eigenvalue weighted by Crippen LogP contribution is 2.26. The number of anilines is 3. The van der Waals surface area contributed by atoms with E-state index in [9.17, 15) is 4.39 Å². The average Bonchev–Trinajstić information content (AvgIpc) is 2.34. The normalized spacial score (nSPS) is 9.83. The number of hydrogen-bond acceptors (Lipinski definition) is 3. The molecule has 3 nitrogen and oxygen atoms in total. The standard InChI is InChI=1S/C13H9FIN3/c14-9-1-3-12(8(5-9)7-16)18-13-4-2-10(17)6-11(13)15/h1-6,18H,17H2. The highest BCUT2D eigenvalue weighted by Gasteiger charge is 2.06. The lowest BCUT2D eigenvalue weighted by atomic mass is 10.2. The van der Waals surface area contributed by atoms with Gasteiger partial charge in [-0.05, 0) is 59.0 Å². The summed E-state index contributed by atoms with van der Waals surface area (Å²) in [4.78, 5) is 0. The molecular weight excluding hydrogens is 344 g/mol. The smallest absolute Gasteiger partial charge is 0.124 e. The van der Waals surface area contributed by atoms with Crippen LogP contribution < -0.4 is 11.1 Å². The Morgan fingerprint density at radius 2 is 1.89 bits per heavy atom. The Kier molecular flexibility index (Phi) is 3.67. The molecule has 0 aliphatic carbocycles. The molecule has 0 fully saturated rings. The van der Waals surface area contributed by atoms with E-state index in [1.165, 1.54) is 12.1 Å². The Hall–Kier alpha value is -1.81. The number of nitrogens with zero attached hydrogens (tertiary/aromatic N) is 1. The predicted molar refractivity (Wildman–Crippen MR) is 78.0 cm³/mol. The van der Waals surface area contributed by atoms with E-state index in [-0.39, 0.29) is 5.56 Å². The molecule has 0 saturated heterocycles. The summed E-state index contributed by atoms with van der Waals surface area (Å²) in [5, 5.41) is 12.0. The molecule has 0 bridgehead atoms. The van der Waals surface area contributed by atoms with Crippen molar-refractivity contribution in [2.24, 2.45) is 0 Å². The Balaban J connectivity index is 2.37. The van der Waals surface area contributed by atoms with Crippen molar-refractivity contribution in [1.29, 1.82) is 5.26 Å². The van der Waals surface area contributed by atoms with E-state index in [4.69, 9.17) is 11.0 Å². The second-order valence-electron chi connectivity index (χ2n) is 3.67.